The molecular weight excluding hydrogens is 204 g/mol. The monoisotopic (exact) mass is 212 g/mol. The van der Waals surface area contributed by atoms with Crippen LogP contribution < -0.4 is 0 Å². The Kier molecular flexibility index (Phi) is 3.47. The minimum atomic E-state index is -0.201. The predicted octanol–water partition coefficient (Wildman–Crippen LogP) is 2.35. The zero-order chi connectivity index (χ0) is 12.1. The molecule has 0 aliphatic rings. The summed E-state index contributed by atoms with van der Waals surface area (Å²) in [5.41, 5.74) is 0.880. The maximum Gasteiger partial charge on any atom is 0.159 e. The molecule has 78 valence electrons. The third kappa shape index (κ3) is 2.10. The normalized spacial score (nSPS) is 9.75. The van der Waals surface area contributed by atoms with Gasteiger partial charge in [-0.3, -0.25) is 4.79 Å². The molecule has 5 nitrogen and oxygen atoms in total. The zero-order valence-corrected chi connectivity index (χ0v) is 8.85. The second-order valence-corrected chi connectivity index (χ2v) is 3.00. The number of nitrogens with zero attached hydrogens (tertiary/aromatic N) is 4. The van der Waals surface area contributed by atoms with Crippen molar-refractivity contribution in [1.29, 1.82) is 10.5 Å². The first-order valence-electron chi connectivity index (χ1n) is 4.43. The summed E-state index contributed by atoms with van der Waals surface area (Å²) in [6, 6.07) is 6.61. The van der Waals surface area contributed by atoms with Gasteiger partial charge in [-0.1, -0.05) is 0 Å². The largest absolute Gasteiger partial charge is 0.295 e. The van der Waals surface area contributed by atoms with E-state index in [-0.39, 0.29) is 22.6 Å². The Morgan fingerprint density at radius 2 is 1.75 bits per heavy atom. The van der Waals surface area contributed by atoms with Crippen LogP contribution in [0.1, 0.15) is 28.4 Å². The Bertz CT molecular complexity index is 511. The molecule has 0 N–H and O–H groups in total. The molecule has 1 aromatic carbocycles. The number of ketones is 1. The third-order valence-electron chi connectivity index (χ3n) is 1.96. The molecule has 0 aromatic heterocycles. The van der Waals surface area contributed by atoms with Crippen molar-refractivity contribution in [2.45, 2.75) is 6.92 Å². The minimum Gasteiger partial charge on any atom is -0.295 e. The summed E-state index contributed by atoms with van der Waals surface area (Å²) in [4.78, 5) is 11.2. The van der Waals surface area contributed by atoms with Crippen LogP contribution in [0.15, 0.2) is 22.4 Å². The van der Waals surface area contributed by atoms with Crippen LogP contribution in [-0.4, -0.2) is 12.8 Å². The molecule has 0 unspecified atom stereocenters. The molecule has 0 saturated carbocycles. The van der Waals surface area contributed by atoms with Crippen LogP contribution in [0.3, 0.4) is 0 Å². The van der Waals surface area contributed by atoms with Crippen LogP contribution in [0.5, 0.6) is 0 Å². The van der Waals surface area contributed by atoms with Gasteiger partial charge in [0.2, 0.25) is 0 Å². The molecule has 16 heavy (non-hydrogen) atoms. The summed E-state index contributed by atoms with van der Waals surface area (Å²) in [6.45, 7) is 1.37. The van der Waals surface area contributed by atoms with E-state index in [1.807, 2.05) is 12.1 Å². The van der Waals surface area contributed by atoms with Gasteiger partial charge in [-0.25, -0.2) is 0 Å². The number of nitriles is 2. The average Bonchev–Trinajstić information content (AvgIpc) is 2.29. The van der Waals surface area contributed by atoms with Crippen LogP contribution >= 0.6 is 0 Å². The fourth-order valence-corrected chi connectivity index (χ4v) is 1.22. The summed E-state index contributed by atoms with van der Waals surface area (Å²) in [7, 11) is 1.45. The van der Waals surface area contributed by atoms with Crippen LogP contribution in [-0.2, 0) is 0 Å². The second kappa shape index (κ2) is 4.81. The number of carbonyl (C=O) groups is 1. The van der Waals surface area contributed by atoms with Crippen molar-refractivity contribution < 1.29 is 4.79 Å². The van der Waals surface area contributed by atoms with Gasteiger partial charge in [0, 0.05) is 12.6 Å². The number of Topliss-reactive ketones (excluding diaryl/α,β-unsaturated/α-hetero) is 1. The van der Waals surface area contributed by atoms with Gasteiger partial charge < -0.3 is 0 Å². The first kappa shape index (κ1) is 11.5. The topological polar surface area (TPSA) is 89.4 Å². The highest BCUT2D eigenvalue weighted by Gasteiger charge is 2.12. The van der Waals surface area contributed by atoms with E-state index in [1.54, 1.807) is 0 Å². The molecule has 0 radical (unpaired) electrons. The fourth-order valence-electron chi connectivity index (χ4n) is 1.22. The molecule has 0 fully saturated rings. The highest BCUT2D eigenvalue weighted by Crippen LogP contribution is 2.26. The van der Waals surface area contributed by atoms with Gasteiger partial charge in [0.05, 0.1) is 11.1 Å². The van der Waals surface area contributed by atoms with Crippen molar-refractivity contribution in [3.05, 3.63) is 28.8 Å². The van der Waals surface area contributed by atoms with E-state index in [1.165, 1.54) is 26.1 Å². The van der Waals surface area contributed by atoms with E-state index in [0.717, 1.165) is 0 Å². The Morgan fingerprint density at radius 3 is 2.06 bits per heavy atom. The Morgan fingerprint density at radius 1 is 1.25 bits per heavy atom. The van der Waals surface area contributed by atoms with Crippen molar-refractivity contribution in [1.82, 2.24) is 0 Å². The van der Waals surface area contributed by atoms with Crippen LogP contribution in [0.25, 0.3) is 0 Å². The molecule has 0 amide bonds. The maximum atomic E-state index is 11.2. The van der Waals surface area contributed by atoms with Crippen molar-refractivity contribution in [2.75, 3.05) is 7.05 Å². The van der Waals surface area contributed by atoms with Crippen LogP contribution in [0, 0.1) is 22.7 Å². The molecule has 1 aromatic rings. The van der Waals surface area contributed by atoms with Gasteiger partial charge >= 0.3 is 0 Å². The third-order valence-corrected chi connectivity index (χ3v) is 1.96. The molecule has 0 saturated heterocycles. The van der Waals surface area contributed by atoms with Crippen molar-refractivity contribution in [3.8, 4) is 12.1 Å². The fraction of sp³-hybridized carbons (Fsp3) is 0.182. The lowest BCUT2D eigenvalue weighted by Crippen LogP contribution is -1.95. The molecule has 0 aliphatic heterocycles. The summed E-state index contributed by atoms with van der Waals surface area (Å²) in [5, 5.41) is 25.1. The number of hydrogen-bond donors (Lipinski definition) is 0. The summed E-state index contributed by atoms with van der Waals surface area (Å²) < 4.78 is 0. The number of hydrogen-bond acceptors (Lipinski definition) is 5. The number of azo groups is 1. The van der Waals surface area contributed by atoms with Gasteiger partial charge in [-0.05, 0) is 19.1 Å². The number of benzene rings is 1. The first-order valence-corrected chi connectivity index (χ1v) is 4.43. The Labute approximate surface area is 92.6 Å². The van der Waals surface area contributed by atoms with Crippen molar-refractivity contribution in [3.63, 3.8) is 0 Å². The maximum absolute atomic E-state index is 11.2. The van der Waals surface area contributed by atoms with E-state index in [4.69, 9.17) is 10.5 Å². The van der Waals surface area contributed by atoms with E-state index < -0.39 is 0 Å². The minimum absolute atomic E-state index is 0.176. The average molecular weight is 212 g/mol. The van der Waals surface area contributed by atoms with Gasteiger partial charge in [-0.2, -0.15) is 20.8 Å². The molecule has 5 heteroatoms. The van der Waals surface area contributed by atoms with E-state index >= 15 is 0 Å². The van der Waals surface area contributed by atoms with Gasteiger partial charge in [-0.15, -0.1) is 0 Å². The van der Waals surface area contributed by atoms with Crippen molar-refractivity contribution >= 4 is 11.5 Å². The van der Waals surface area contributed by atoms with Crippen molar-refractivity contribution in [2.24, 2.45) is 10.2 Å². The number of rotatable bonds is 2. The highest BCUT2D eigenvalue weighted by atomic mass is 16.1. The molecule has 0 heterocycles. The lowest BCUT2D eigenvalue weighted by molar-refractivity contribution is 0.101. The summed E-state index contributed by atoms with van der Waals surface area (Å²) in [5.74, 6) is -0.201. The Hall–Kier alpha value is -2.53. The molecule has 0 spiro atoms. The quantitative estimate of drug-likeness (QED) is 0.556. The first-order chi connectivity index (χ1) is 7.63. The predicted molar refractivity (Wildman–Crippen MR) is 56.3 cm³/mol. The van der Waals surface area contributed by atoms with E-state index in [0.29, 0.717) is 5.56 Å². The molecule has 1 rings (SSSR count). The van der Waals surface area contributed by atoms with Gasteiger partial charge in [0.15, 0.2) is 5.78 Å². The molecule has 0 atom stereocenters. The SMILES string of the molecule is CN=Nc1c(C#N)cc(C(C)=O)cc1C#N. The number of carbonyl (C=O) groups excluding carboxylic acids is 1. The smallest absolute Gasteiger partial charge is 0.159 e. The standard InChI is InChI=1S/C11H8N4O/c1-7(16)8-3-9(5-12)11(15-14-2)10(4-8)6-13/h3-4H,1-2H3. The van der Waals surface area contributed by atoms with Crippen LogP contribution in [0.2, 0.25) is 0 Å². The highest BCUT2D eigenvalue weighted by molar-refractivity contribution is 5.95. The van der Waals surface area contributed by atoms with Gasteiger partial charge in [0.1, 0.15) is 17.8 Å². The Balaban J connectivity index is 3.58. The summed E-state index contributed by atoms with van der Waals surface area (Å²) in [6.07, 6.45) is 0. The molecular formula is C11H8N4O. The molecule has 0 bridgehead atoms. The lowest BCUT2D eigenvalue weighted by atomic mass is 10.0. The summed E-state index contributed by atoms with van der Waals surface area (Å²) >= 11 is 0. The lowest BCUT2D eigenvalue weighted by Gasteiger charge is -2.02. The van der Waals surface area contributed by atoms with E-state index in [2.05, 4.69) is 10.2 Å². The van der Waals surface area contributed by atoms with Gasteiger partial charge in [0.25, 0.3) is 0 Å². The van der Waals surface area contributed by atoms with Crippen LogP contribution in [0.4, 0.5) is 5.69 Å². The molecule has 0 aliphatic carbocycles. The zero-order valence-electron chi connectivity index (χ0n) is 8.85. The van der Waals surface area contributed by atoms with E-state index in [9.17, 15) is 4.79 Å². The second-order valence-electron chi connectivity index (χ2n) is 3.00.